The summed E-state index contributed by atoms with van der Waals surface area (Å²) in [5, 5.41) is 3.90. The number of rotatable bonds is 6. The van der Waals surface area contributed by atoms with E-state index in [1.54, 1.807) is 0 Å². The summed E-state index contributed by atoms with van der Waals surface area (Å²) in [6.45, 7) is 6.22. The highest BCUT2D eigenvalue weighted by Gasteiger charge is 2.12. The van der Waals surface area contributed by atoms with Crippen LogP contribution in [0.4, 0.5) is 0 Å². The lowest BCUT2D eigenvalue weighted by molar-refractivity contribution is 0.238. The molecule has 1 N–H and O–H groups in total. The Kier molecular flexibility index (Phi) is 5.49. The molecule has 19 heavy (non-hydrogen) atoms. The number of hydrogen-bond acceptors (Lipinski definition) is 3. The number of nitrogens with zero attached hydrogens (tertiary/aromatic N) is 1. The number of hydrogen-bond donors (Lipinski definition) is 1. The zero-order chi connectivity index (χ0) is 13.7. The lowest BCUT2D eigenvalue weighted by Gasteiger charge is -2.16. The van der Waals surface area contributed by atoms with E-state index < -0.39 is 0 Å². The van der Waals surface area contributed by atoms with Gasteiger partial charge in [-0.2, -0.15) is 0 Å². The summed E-state index contributed by atoms with van der Waals surface area (Å²) in [5.74, 6) is 0.785. The average Bonchev–Trinajstić information content (AvgIpc) is 2.93. The fraction of sp³-hybridized carbons (Fsp3) is 0.600. The van der Waals surface area contributed by atoms with Crippen LogP contribution in [0.3, 0.4) is 0 Å². The van der Waals surface area contributed by atoms with E-state index in [0.29, 0.717) is 17.7 Å². The molecule has 1 aliphatic heterocycles. The zero-order valence-electron chi connectivity index (χ0n) is 11.8. The van der Waals surface area contributed by atoms with Crippen molar-refractivity contribution in [3.8, 4) is 5.75 Å². The van der Waals surface area contributed by atoms with E-state index in [9.17, 15) is 0 Å². The van der Waals surface area contributed by atoms with E-state index in [4.69, 9.17) is 16.3 Å². The third kappa shape index (κ3) is 4.10. The number of benzene rings is 1. The van der Waals surface area contributed by atoms with Crippen molar-refractivity contribution >= 4 is 11.6 Å². The molecule has 1 aromatic rings. The molecule has 0 aromatic heterocycles. The third-order valence-corrected chi connectivity index (χ3v) is 4.05. The van der Waals surface area contributed by atoms with Crippen LogP contribution in [-0.2, 0) is 0 Å². The molecule has 3 nitrogen and oxygen atoms in total. The quantitative estimate of drug-likeness (QED) is 0.868. The second-order valence-electron chi connectivity index (χ2n) is 5.10. The van der Waals surface area contributed by atoms with E-state index >= 15 is 0 Å². The molecule has 2 rings (SSSR count). The Hall–Kier alpha value is -0.770. The molecule has 0 aliphatic carbocycles. The predicted molar refractivity (Wildman–Crippen MR) is 80.1 cm³/mol. The summed E-state index contributed by atoms with van der Waals surface area (Å²) in [5.41, 5.74) is 1.18. The van der Waals surface area contributed by atoms with E-state index in [2.05, 4.69) is 23.2 Å². The highest BCUT2D eigenvalue weighted by molar-refractivity contribution is 6.32. The third-order valence-electron chi connectivity index (χ3n) is 3.75. The minimum absolute atomic E-state index is 0.302. The number of ether oxygens (including phenoxy) is 1. The van der Waals surface area contributed by atoms with Gasteiger partial charge in [0.15, 0.2) is 0 Å². The minimum Gasteiger partial charge on any atom is -0.491 e. The number of halogens is 1. The number of likely N-dealkylation sites (tertiary alicyclic amines) is 1. The van der Waals surface area contributed by atoms with Gasteiger partial charge in [-0.05, 0) is 57.6 Å². The zero-order valence-corrected chi connectivity index (χ0v) is 12.5. The van der Waals surface area contributed by atoms with Gasteiger partial charge in [-0.25, -0.2) is 0 Å². The fourth-order valence-electron chi connectivity index (χ4n) is 2.36. The second kappa shape index (κ2) is 7.13. The maximum atomic E-state index is 6.26. The van der Waals surface area contributed by atoms with Crippen molar-refractivity contribution in [3.05, 3.63) is 28.8 Å². The maximum Gasteiger partial charge on any atom is 0.137 e. The minimum atomic E-state index is 0.302. The first-order chi connectivity index (χ1) is 9.20. The summed E-state index contributed by atoms with van der Waals surface area (Å²) in [6, 6.07) is 6.32. The van der Waals surface area contributed by atoms with Crippen LogP contribution in [0.1, 0.15) is 31.4 Å². The molecular formula is C15H23ClN2O. The van der Waals surface area contributed by atoms with Gasteiger partial charge in [0, 0.05) is 12.6 Å². The van der Waals surface area contributed by atoms with Crippen molar-refractivity contribution in [1.29, 1.82) is 0 Å². The van der Waals surface area contributed by atoms with Gasteiger partial charge in [-0.1, -0.05) is 17.7 Å². The molecule has 1 heterocycles. The molecule has 1 aromatic carbocycles. The first-order valence-electron chi connectivity index (χ1n) is 7.02. The smallest absolute Gasteiger partial charge is 0.137 e. The monoisotopic (exact) mass is 282 g/mol. The van der Waals surface area contributed by atoms with Crippen LogP contribution >= 0.6 is 11.6 Å². The fourth-order valence-corrected chi connectivity index (χ4v) is 2.60. The van der Waals surface area contributed by atoms with Gasteiger partial charge in [0.2, 0.25) is 0 Å². The molecule has 1 aliphatic rings. The van der Waals surface area contributed by atoms with Crippen LogP contribution < -0.4 is 10.1 Å². The van der Waals surface area contributed by atoms with Crippen LogP contribution in [-0.4, -0.2) is 38.2 Å². The van der Waals surface area contributed by atoms with Crippen LogP contribution in [0, 0.1) is 0 Å². The topological polar surface area (TPSA) is 24.5 Å². The SMILES string of the molecule is CNC(C)c1ccc(OCCN2CCCC2)c(Cl)c1. The van der Waals surface area contributed by atoms with E-state index in [1.165, 1.54) is 31.5 Å². The first kappa shape index (κ1) is 14.6. The summed E-state index contributed by atoms with van der Waals surface area (Å²) < 4.78 is 5.77. The van der Waals surface area contributed by atoms with Crippen LogP contribution in [0.15, 0.2) is 18.2 Å². The summed E-state index contributed by atoms with van der Waals surface area (Å²) in [4.78, 5) is 2.44. The van der Waals surface area contributed by atoms with Crippen molar-refractivity contribution < 1.29 is 4.74 Å². The maximum absolute atomic E-state index is 6.26. The molecule has 0 radical (unpaired) electrons. The van der Waals surface area contributed by atoms with Crippen molar-refractivity contribution in [2.45, 2.75) is 25.8 Å². The Morgan fingerprint density at radius 3 is 2.74 bits per heavy atom. The number of nitrogens with one attached hydrogen (secondary N) is 1. The Balaban J connectivity index is 1.86. The van der Waals surface area contributed by atoms with Crippen molar-refractivity contribution in [2.24, 2.45) is 0 Å². The molecule has 1 fully saturated rings. The van der Waals surface area contributed by atoms with E-state index in [0.717, 1.165) is 12.3 Å². The van der Waals surface area contributed by atoms with Gasteiger partial charge in [0.1, 0.15) is 12.4 Å². The van der Waals surface area contributed by atoms with Crippen LogP contribution in [0.2, 0.25) is 5.02 Å². The Bertz CT molecular complexity index is 405. The van der Waals surface area contributed by atoms with Gasteiger partial charge in [-0.15, -0.1) is 0 Å². The lowest BCUT2D eigenvalue weighted by atomic mass is 10.1. The van der Waals surface area contributed by atoms with Crippen molar-refractivity contribution in [1.82, 2.24) is 10.2 Å². The van der Waals surface area contributed by atoms with Crippen LogP contribution in [0.25, 0.3) is 0 Å². The van der Waals surface area contributed by atoms with E-state index in [-0.39, 0.29) is 0 Å². The molecule has 1 atom stereocenters. The Morgan fingerprint density at radius 1 is 1.37 bits per heavy atom. The van der Waals surface area contributed by atoms with Gasteiger partial charge in [-0.3, -0.25) is 4.90 Å². The lowest BCUT2D eigenvalue weighted by Crippen LogP contribution is -2.25. The molecule has 0 amide bonds. The highest BCUT2D eigenvalue weighted by atomic mass is 35.5. The Morgan fingerprint density at radius 2 is 2.11 bits per heavy atom. The molecule has 0 saturated carbocycles. The molecule has 1 unspecified atom stereocenters. The van der Waals surface area contributed by atoms with E-state index in [1.807, 2.05) is 19.2 Å². The second-order valence-corrected chi connectivity index (χ2v) is 5.50. The molecule has 1 saturated heterocycles. The summed E-state index contributed by atoms with van der Waals surface area (Å²) >= 11 is 6.26. The largest absolute Gasteiger partial charge is 0.491 e. The average molecular weight is 283 g/mol. The normalized spacial score (nSPS) is 17.6. The first-order valence-corrected chi connectivity index (χ1v) is 7.40. The van der Waals surface area contributed by atoms with Gasteiger partial charge in [0.25, 0.3) is 0 Å². The molecule has 0 bridgehead atoms. The summed E-state index contributed by atoms with van der Waals surface area (Å²) in [6.07, 6.45) is 2.63. The Labute approximate surface area is 120 Å². The predicted octanol–water partition coefficient (Wildman–Crippen LogP) is 3.10. The molecular weight excluding hydrogens is 260 g/mol. The highest BCUT2D eigenvalue weighted by Crippen LogP contribution is 2.27. The standard InChI is InChI=1S/C15H23ClN2O/c1-12(17-2)13-5-6-15(14(16)11-13)19-10-9-18-7-3-4-8-18/h5-6,11-12,17H,3-4,7-10H2,1-2H3. The van der Waals surface area contributed by atoms with Crippen molar-refractivity contribution in [2.75, 3.05) is 33.3 Å². The van der Waals surface area contributed by atoms with Gasteiger partial charge < -0.3 is 10.1 Å². The molecule has 4 heteroatoms. The summed E-state index contributed by atoms with van der Waals surface area (Å²) in [7, 11) is 1.94. The van der Waals surface area contributed by atoms with Crippen LogP contribution in [0.5, 0.6) is 5.75 Å². The van der Waals surface area contributed by atoms with Gasteiger partial charge in [0.05, 0.1) is 5.02 Å². The van der Waals surface area contributed by atoms with Gasteiger partial charge >= 0.3 is 0 Å². The molecule has 0 spiro atoms. The molecule has 106 valence electrons. The van der Waals surface area contributed by atoms with Crippen molar-refractivity contribution in [3.63, 3.8) is 0 Å².